The molecule has 1 N–H and O–H groups in total. The van der Waals surface area contributed by atoms with E-state index in [9.17, 15) is 4.79 Å². The highest BCUT2D eigenvalue weighted by Crippen LogP contribution is 2.19. The van der Waals surface area contributed by atoms with Crippen LogP contribution in [0.1, 0.15) is 12.5 Å². The van der Waals surface area contributed by atoms with Gasteiger partial charge < -0.3 is 10.1 Å². The van der Waals surface area contributed by atoms with Gasteiger partial charge in [-0.15, -0.1) is 11.8 Å². The molecule has 0 fully saturated rings. The Bertz CT molecular complexity index is 663. The van der Waals surface area contributed by atoms with Crippen LogP contribution in [0.25, 0.3) is 0 Å². The van der Waals surface area contributed by atoms with E-state index in [2.05, 4.69) is 5.32 Å². The van der Waals surface area contributed by atoms with Gasteiger partial charge in [-0.05, 0) is 49.7 Å². The molecular formula is C18H20ClNO2S. The molecule has 0 aliphatic heterocycles. The second kappa shape index (κ2) is 8.85. The maximum Gasteiger partial charge on any atom is 0.237 e. The van der Waals surface area contributed by atoms with Crippen LogP contribution in [0.4, 0.5) is 5.69 Å². The molecule has 3 nitrogen and oxygen atoms in total. The minimum Gasteiger partial charge on any atom is -0.493 e. The third-order valence-corrected chi connectivity index (χ3v) is 4.52. The fourth-order valence-electron chi connectivity index (χ4n) is 1.98. The van der Waals surface area contributed by atoms with E-state index < -0.39 is 0 Å². The zero-order chi connectivity index (χ0) is 16.7. The molecular weight excluding hydrogens is 330 g/mol. The normalized spacial score (nSPS) is 11.8. The summed E-state index contributed by atoms with van der Waals surface area (Å²) in [5.74, 6) is 1.48. The van der Waals surface area contributed by atoms with Gasteiger partial charge in [0.1, 0.15) is 5.75 Å². The number of hydrogen-bond acceptors (Lipinski definition) is 3. The van der Waals surface area contributed by atoms with Gasteiger partial charge in [0.05, 0.1) is 11.9 Å². The summed E-state index contributed by atoms with van der Waals surface area (Å²) in [6.07, 6.45) is 0. The van der Waals surface area contributed by atoms with Gasteiger partial charge in [-0.3, -0.25) is 4.79 Å². The Morgan fingerprint density at radius 2 is 2.04 bits per heavy atom. The minimum absolute atomic E-state index is 0.00311. The van der Waals surface area contributed by atoms with Crippen LogP contribution in [0.2, 0.25) is 5.02 Å². The molecule has 0 aromatic heterocycles. The Kier molecular flexibility index (Phi) is 6.81. The van der Waals surface area contributed by atoms with Gasteiger partial charge in [-0.2, -0.15) is 0 Å². The highest BCUT2D eigenvalue weighted by atomic mass is 35.5. The number of nitrogens with one attached hydrogen (secondary N) is 1. The van der Waals surface area contributed by atoms with Crippen molar-refractivity contribution in [3.63, 3.8) is 0 Å². The van der Waals surface area contributed by atoms with Crippen LogP contribution < -0.4 is 10.1 Å². The van der Waals surface area contributed by atoms with Gasteiger partial charge >= 0.3 is 0 Å². The highest BCUT2D eigenvalue weighted by molar-refractivity contribution is 8.00. The molecule has 2 aromatic rings. The molecule has 0 saturated heterocycles. The Hall–Kier alpha value is -1.65. The molecule has 5 heteroatoms. The Balaban J connectivity index is 1.71. The standard InChI is InChI=1S/C18H20ClNO2S/c1-13-5-3-7-16(11-13)20-18(21)14(2)23-10-9-22-17-8-4-6-15(19)12-17/h3-8,11-12,14H,9-10H2,1-2H3,(H,20,21). The van der Waals surface area contributed by atoms with E-state index >= 15 is 0 Å². The lowest BCUT2D eigenvalue weighted by Crippen LogP contribution is -2.23. The SMILES string of the molecule is Cc1cccc(NC(=O)C(C)SCCOc2cccc(Cl)c2)c1. The van der Waals surface area contributed by atoms with Crippen LogP contribution in [0, 0.1) is 6.92 Å². The van der Waals surface area contributed by atoms with Gasteiger partial charge in [0, 0.05) is 16.5 Å². The summed E-state index contributed by atoms with van der Waals surface area (Å²) in [7, 11) is 0. The van der Waals surface area contributed by atoms with Crippen molar-refractivity contribution in [2.24, 2.45) is 0 Å². The molecule has 0 spiro atoms. The topological polar surface area (TPSA) is 38.3 Å². The molecule has 23 heavy (non-hydrogen) atoms. The van der Waals surface area contributed by atoms with Crippen molar-refractivity contribution in [2.75, 3.05) is 17.7 Å². The smallest absolute Gasteiger partial charge is 0.237 e. The number of thioether (sulfide) groups is 1. The lowest BCUT2D eigenvalue weighted by Gasteiger charge is -2.13. The number of benzene rings is 2. The van der Waals surface area contributed by atoms with E-state index in [1.165, 1.54) is 0 Å². The van der Waals surface area contributed by atoms with Crippen molar-refractivity contribution in [3.8, 4) is 5.75 Å². The molecule has 0 aliphatic carbocycles. The maximum absolute atomic E-state index is 12.1. The second-order valence-corrected chi connectivity index (χ2v) is 7.06. The molecule has 122 valence electrons. The largest absolute Gasteiger partial charge is 0.493 e. The van der Waals surface area contributed by atoms with Crippen molar-refractivity contribution >= 4 is 35.0 Å². The summed E-state index contributed by atoms with van der Waals surface area (Å²) < 4.78 is 5.61. The monoisotopic (exact) mass is 349 g/mol. The molecule has 0 heterocycles. The summed E-state index contributed by atoms with van der Waals surface area (Å²) >= 11 is 7.46. The van der Waals surface area contributed by atoms with Crippen molar-refractivity contribution < 1.29 is 9.53 Å². The zero-order valence-electron chi connectivity index (χ0n) is 13.2. The van der Waals surface area contributed by atoms with Crippen LogP contribution >= 0.6 is 23.4 Å². The van der Waals surface area contributed by atoms with Crippen LogP contribution in [-0.4, -0.2) is 23.5 Å². The lowest BCUT2D eigenvalue weighted by molar-refractivity contribution is -0.115. The summed E-state index contributed by atoms with van der Waals surface area (Å²) in [6, 6.07) is 15.1. The second-order valence-electron chi connectivity index (χ2n) is 5.18. The average molecular weight is 350 g/mol. The average Bonchev–Trinajstić information content (AvgIpc) is 2.51. The predicted molar refractivity (Wildman–Crippen MR) is 98.7 cm³/mol. The number of anilines is 1. The quantitative estimate of drug-likeness (QED) is 0.730. The van der Waals surface area contributed by atoms with E-state index in [1.54, 1.807) is 23.9 Å². The summed E-state index contributed by atoms with van der Waals surface area (Å²) in [5.41, 5.74) is 1.95. The van der Waals surface area contributed by atoms with Crippen molar-refractivity contribution in [1.82, 2.24) is 0 Å². The number of ether oxygens (including phenoxy) is 1. The third-order valence-electron chi connectivity index (χ3n) is 3.17. The van der Waals surface area contributed by atoms with Crippen LogP contribution in [0.15, 0.2) is 48.5 Å². The van der Waals surface area contributed by atoms with Crippen molar-refractivity contribution in [2.45, 2.75) is 19.1 Å². The molecule has 2 aromatic carbocycles. The van der Waals surface area contributed by atoms with Gasteiger partial charge in [0.15, 0.2) is 0 Å². The number of halogens is 1. The van der Waals surface area contributed by atoms with Crippen LogP contribution in [-0.2, 0) is 4.79 Å². The molecule has 0 bridgehead atoms. The van der Waals surface area contributed by atoms with Gasteiger partial charge in [-0.25, -0.2) is 0 Å². The minimum atomic E-state index is -0.140. The Morgan fingerprint density at radius 3 is 2.78 bits per heavy atom. The van der Waals surface area contributed by atoms with E-state index in [1.807, 2.05) is 50.2 Å². The first-order valence-corrected chi connectivity index (χ1v) is 8.85. The van der Waals surface area contributed by atoms with Crippen LogP contribution in [0.5, 0.6) is 5.75 Å². The van der Waals surface area contributed by atoms with Crippen LogP contribution in [0.3, 0.4) is 0 Å². The Labute approximate surface area is 146 Å². The van der Waals surface area contributed by atoms with E-state index in [-0.39, 0.29) is 11.2 Å². The molecule has 1 unspecified atom stereocenters. The number of amides is 1. The van der Waals surface area contributed by atoms with Gasteiger partial charge in [0.25, 0.3) is 0 Å². The number of carbonyl (C=O) groups excluding carboxylic acids is 1. The number of rotatable bonds is 7. The Morgan fingerprint density at radius 1 is 1.26 bits per heavy atom. The molecule has 0 saturated carbocycles. The first-order chi connectivity index (χ1) is 11.0. The molecule has 0 aliphatic rings. The van der Waals surface area contributed by atoms with Crippen molar-refractivity contribution in [3.05, 3.63) is 59.1 Å². The number of aryl methyl sites for hydroxylation is 1. The molecule has 0 radical (unpaired) electrons. The van der Waals surface area contributed by atoms with E-state index in [4.69, 9.17) is 16.3 Å². The fraction of sp³-hybridized carbons (Fsp3) is 0.278. The first-order valence-electron chi connectivity index (χ1n) is 7.42. The fourth-order valence-corrected chi connectivity index (χ4v) is 2.91. The predicted octanol–water partition coefficient (Wildman–Crippen LogP) is 4.79. The number of hydrogen-bond donors (Lipinski definition) is 1. The summed E-state index contributed by atoms with van der Waals surface area (Å²) in [4.78, 5) is 12.1. The first kappa shape index (κ1) is 17.7. The lowest BCUT2D eigenvalue weighted by atomic mass is 10.2. The molecule has 1 atom stereocenters. The molecule has 1 amide bonds. The van der Waals surface area contributed by atoms with E-state index in [0.29, 0.717) is 11.6 Å². The molecule has 2 rings (SSSR count). The third kappa shape index (κ3) is 6.16. The number of carbonyl (C=O) groups is 1. The van der Waals surface area contributed by atoms with E-state index in [0.717, 1.165) is 22.8 Å². The summed E-state index contributed by atoms with van der Waals surface area (Å²) in [5, 5.41) is 3.44. The summed E-state index contributed by atoms with van der Waals surface area (Å²) in [6.45, 7) is 4.43. The maximum atomic E-state index is 12.1. The van der Waals surface area contributed by atoms with Gasteiger partial charge in [-0.1, -0.05) is 29.8 Å². The highest BCUT2D eigenvalue weighted by Gasteiger charge is 2.13. The zero-order valence-corrected chi connectivity index (χ0v) is 14.8. The van der Waals surface area contributed by atoms with Gasteiger partial charge in [0.2, 0.25) is 5.91 Å². The van der Waals surface area contributed by atoms with Crippen molar-refractivity contribution in [1.29, 1.82) is 0 Å².